The van der Waals surface area contributed by atoms with Gasteiger partial charge in [0.1, 0.15) is 18.1 Å². The van der Waals surface area contributed by atoms with Crippen molar-refractivity contribution in [3.8, 4) is 5.75 Å². The smallest absolute Gasteiger partial charge is 1.00 e. The van der Waals surface area contributed by atoms with E-state index >= 15 is 0 Å². The number of carbonyl (C=O) groups excluding carboxylic acids is 1. The van der Waals surface area contributed by atoms with Gasteiger partial charge in [-0.05, 0) is 63.7 Å². The molecule has 1 saturated carbocycles. The summed E-state index contributed by atoms with van der Waals surface area (Å²) in [5, 5.41) is 2.77. The second-order valence-corrected chi connectivity index (χ2v) is 14.7. The number of imidazole rings is 1. The number of hydrogen-bond acceptors (Lipinski definition) is 11. The summed E-state index contributed by atoms with van der Waals surface area (Å²) in [4.78, 5) is 36.0. The van der Waals surface area contributed by atoms with Crippen LogP contribution in [0.3, 0.4) is 0 Å². The van der Waals surface area contributed by atoms with Crippen LogP contribution in [-0.4, -0.2) is 86.8 Å². The van der Waals surface area contributed by atoms with Crippen LogP contribution in [0.15, 0.2) is 47.0 Å². The number of rotatable bonds is 15. The summed E-state index contributed by atoms with van der Waals surface area (Å²) in [5.41, 5.74) is 5.95. The van der Waals surface area contributed by atoms with E-state index in [2.05, 4.69) is 40.8 Å². The van der Waals surface area contributed by atoms with Gasteiger partial charge < -0.3 is 42.8 Å². The number of halogens is 1. The molecule has 2 aromatic heterocycles. The average Bonchev–Trinajstić information content (AvgIpc) is 3.58. The third-order valence-corrected chi connectivity index (χ3v) is 9.34. The average molecular weight is 762 g/mol. The molecule has 0 amide bonds. The number of carbonyl (C=O) groups is 1. The molecule has 2 aliphatic rings. The molecule has 2 fully saturated rings. The predicted molar refractivity (Wildman–Crippen MR) is 193 cm³/mol. The maximum absolute atomic E-state index is 14.2. The van der Waals surface area contributed by atoms with Crippen molar-refractivity contribution in [3.05, 3.63) is 58.5 Å². The number of nitrogens with zero attached hydrogens (tertiary/aromatic N) is 3. The molecule has 0 spiro atoms. The maximum atomic E-state index is 14.2. The third-order valence-electron chi connectivity index (χ3n) is 7.71. The maximum Gasteiger partial charge on any atom is 2.00 e. The van der Waals surface area contributed by atoms with E-state index in [1.807, 2.05) is 13.8 Å². The first-order valence-electron chi connectivity index (χ1n) is 16.7. The predicted octanol–water partition coefficient (Wildman–Crippen LogP) is 2.63. The zero-order valence-corrected chi connectivity index (χ0v) is 33.4. The molecule has 3 heterocycles. The Morgan fingerprint density at radius 2 is 1.94 bits per heavy atom. The molecule has 14 nitrogen and oxygen atoms in total. The number of esters is 1. The molecular formula is C34H50ClMgN6O8P. The van der Waals surface area contributed by atoms with Gasteiger partial charge >= 0.3 is 36.8 Å². The van der Waals surface area contributed by atoms with Gasteiger partial charge in [-0.2, -0.15) is 30.8 Å². The summed E-state index contributed by atoms with van der Waals surface area (Å²) in [7, 11) is -4.13. The van der Waals surface area contributed by atoms with E-state index in [4.69, 9.17) is 29.0 Å². The van der Waals surface area contributed by atoms with Crippen LogP contribution in [-0.2, 0) is 28.1 Å². The number of aromatic nitrogens is 4. The number of nitrogen functional groups attached to an aromatic ring is 1. The molecule has 5 rings (SSSR count). The van der Waals surface area contributed by atoms with Gasteiger partial charge in [-0.25, -0.2) is 9.55 Å². The number of ether oxygens (including phenoxy) is 3. The molecule has 51 heavy (non-hydrogen) atoms. The molecular weight excluding hydrogens is 711 g/mol. The van der Waals surface area contributed by atoms with Crippen LogP contribution in [0, 0.1) is 11.3 Å². The SMILES string of the molecule is CCCC(C)OC(=O)C(C)N[P@](=O)(OCC1(COC2CCCCO2)C/C1=C/n1cnc2c(=O)[nH]c(N)nc21)Oc1ccccc1.C[C-](C)C.[Cl-].[Mg+2]. The van der Waals surface area contributed by atoms with Gasteiger partial charge in [0.15, 0.2) is 17.5 Å². The summed E-state index contributed by atoms with van der Waals surface area (Å²) in [6, 6.07) is 7.60. The van der Waals surface area contributed by atoms with Crippen LogP contribution < -0.4 is 33.3 Å². The number of benzene rings is 1. The number of nitrogens with two attached hydrogens (primary N) is 1. The molecule has 4 unspecified atom stereocenters. The summed E-state index contributed by atoms with van der Waals surface area (Å²) in [6.45, 7) is 12.4. The molecule has 0 bridgehead atoms. The fourth-order valence-electron chi connectivity index (χ4n) is 5.11. The topological polar surface area (TPSA) is 182 Å². The van der Waals surface area contributed by atoms with Crippen molar-refractivity contribution in [2.45, 2.75) is 98.5 Å². The second-order valence-electron chi connectivity index (χ2n) is 13.1. The van der Waals surface area contributed by atoms with Crippen LogP contribution in [0.2, 0.25) is 0 Å². The van der Waals surface area contributed by atoms with Gasteiger partial charge in [0.25, 0.3) is 5.56 Å². The molecule has 0 radical (unpaired) electrons. The van der Waals surface area contributed by atoms with Crippen molar-refractivity contribution in [2.24, 2.45) is 5.41 Å². The Bertz CT molecular complexity index is 1670. The molecule has 4 N–H and O–H groups in total. The van der Waals surface area contributed by atoms with Crippen molar-refractivity contribution in [2.75, 3.05) is 25.6 Å². The van der Waals surface area contributed by atoms with Crippen molar-refractivity contribution in [1.82, 2.24) is 24.6 Å². The van der Waals surface area contributed by atoms with Gasteiger partial charge in [-0.1, -0.05) is 31.5 Å². The standard InChI is InChI=1S/C30H41N6O8P.C4H9.ClH.Mg/c1-4-10-20(2)43-28(38)21(3)35-45(39,44-23-11-6-5-7-12-23)42-18-30(17-41-24-13-8-9-14-40-24)15-22(30)16-36-19-32-25-26(36)33-29(31)34-27(25)37;1-4(2)3;;/h5-7,11-12,16,19-21,24H,4,8-10,13-15,17-18H2,1-3H3,(H,35,39)(H3,31,33,34,37);1-3H3;1H;/q;-1;;+2/p-1/b22-16-;;;/t20?,21?,24?,30?,45-;;;/m0.../s1. The fourth-order valence-corrected chi connectivity index (χ4v) is 6.68. The monoisotopic (exact) mass is 760 g/mol. The molecule has 1 aliphatic carbocycles. The summed E-state index contributed by atoms with van der Waals surface area (Å²) < 4.78 is 45.3. The van der Waals surface area contributed by atoms with Crippen molar-refractivity contribution in [3.63, 3.8) is 0 Å². The molecule has 1 saturated heterocycles. The normalized spacial score (nSPS) is 21.3. The Kier molecular flexibility index (Phi) is 18.1. The van der Waals surface area contributed by atoms with Crippen molar-refractivity contribution < 1.29 is 45.0 Å². The largest absolute Gasteiger partial charge is 2.00 e. The Labute approximate surface area is 322 Å². The van der Waals surface area contributed by atoms with E-state index in [1.54, 1.807) is 48.0 Å². The summed E-state index contributed by atoms with van der Waals surface area (Å²) in [6.07, 6.45) is 7.44. The number of nitrogens with one attached hydrogen (secondary N) is 2. The molecule has 278 valence electrons. The number of hydrogen-bond donors (Lipinski definition) is 3. The zero-order chi connectivity index (χ0) is 35.6. The Morgan fingerprint density at radius 1 is 1.24 bits per heavy atom. The van der Waals surface area contributed by atoms with Crippen molar-refractivity contribution in [1.29, 1.82) is 0 Å². The van der Waals surface area contributed by atoms with Crippen molar-refractivity contribution >= 4 is 60.1 Å². The van der Waals surface area contributed by atoms with E-state index in [9.17, 15) is 14.2 Å². The van der Waals surface area contributed by atoms with Crippen LogP contribution in [0.5, 0.6) is 5.75 Å². The Hall–Kier alpha value is -2.49. The first-order valence-corrected chi connectivity index (χ1v) is 18.3. The molecule has 17 heteroatoms. The fraction of sp³-hybridized carbons (Fsp3) is 0.559. The van der Waals surface area contributed by atoms with Crippen LogP contribution in [0.25, 0.3) is 17.4 Å². The minimum Gasteiger partial charge on any atom is -1.00 e. The molecule has 5 atom stereocenters. The number of aromatic amines is 1. The number of fused-ring (bicyclic) bond motifs is 1. The number of anilines is 1. The minimum atomic E-state index is -4.13. The third kappa shape index (κ3) is 13.5. The number of H-pyrrole nitrogens is 1. The molecule has 1 aliphatic heterocycles. The Morgan fingerprint density at radius 3 is 2.59 bits per heavy atom. The minimum absolute atomic E-state index is 0. The van der Waals surface area contributed by atoms with Crippen LogP contribution >= 0.6 is 7.75 Å². The molecule has 3 aromatic rings. The summed E-state index contributed by atoms with van der Waals surface area (Å²) >= 11 is 0. The van der Waals surface area contributed by atoms with Gasteiger partial charge in [-0.3, -0.25) is 23.7 Å². The van der Waals surface area contributed by atoms with Crippen LogP contribution in [0.4, 0.5) is 5.95 Å². The van der Waals surface area contributed by atoms with E-state index in [0.717, 1.165) is 31.3 Å². The first kappa shape index (κ1) is 44.7. The van der Waals surface area contributed by atoms with E-state index in [0.29, 0.717) is 30.8 Å². The zero-order valence-electron chi connectivity index (χ0n) is 30.4. The van der Waals surface area contributed by atoms with E-state index in [-0.39, 0.29) is 72.5 Å². The van der Waals surface area contributed by atoms with Gasteiger partial charge in [0.2, 0.25) is 5.95 Å². The quantitative estimate of drug-likeness (QED) is 0.0893. The Balaban J connectivity index is 0.00000143. The van der Waals surface area contributed by atoms with Gasteiger partial charge in [-0.15, -0.1) is 0 Å². The molecule has 1 aromatic carbocycles. The van der Waals surface area contributed by atoms with Gasteiger partial charge in [0.05, 0.1) is 19.3 Å². The van der Waals surface area contributed by atoms with E-state index < -0.39 is 30.7 Å². The second kappa shape index (κ2) is 20.7. The first-order chi connectivity index (χ1) is 23.3. The summed E-state index contributed by atoms with van der Waals surface area (Å²) in [5.74, 6) is 1.13. The number of para-hydroxylation sites is 1. The van der Waals surface area contributed by atoms with Crippen LogP contribution in [0.1, 0.15) is 80.1 Å². The van der Waals surface area contributed by atoms with E-state index in [1.165, 1.54) is 12.2 Å². The van der Waals surface area contributed by atoms with Gasteiger partial charge in [0, 0.05) is 18.2 Å².